The van der Waals surface area contributed by atoms with Crippen LogP contribution in [0.2, 0.25) is 0 Å². The zero-order valence-corrected chi connectivity index (χ0v) is 13.3. The van der Waals surface area contributed by atoms with Gasteiger partial charge >= 0.3 is 0 Å². The zero-order valence-electron chi connectivity index (χ0n) is 13.3. The van der Waals surface area contributed by atoms with Gasteiger partial charge in [-0.25, -0.2) is 0 Å². The molecule has 0 amide bonds. The summed E-state index contributed by atoms with van der Waals surface area (Å²) in [5, 5.41) is 4.10. The third kappa shape index (κ3) is 3.72. The minimum absolute atomic E-state index is 0.531. The molecular formula is C17H23N3O2. The Balaban J connectivity index is 1.60. The van der Waals surface area contributed by atoms with Crippen LogP contribution in [-0.2, 0) is 11.2 Å². The summed E-state index contributed by atoms with van der Waals surface area (Å²) in [6.45, 7) is 8.92. The summed E-state index contributed by atoms with van der Waals surface area (Å²) in [5.41, 5.74) is 2.32. The Bertz CT molecular complexity index is 586. The van der Waals surface area contributed by atoms with Gasteiger partial charge in [0.2, 0.25) is 11.7 Å². The average molecular weight is 301 g/mol. The van der Waals surface area contributed by atoms with E-state index in [0.717, 1.165) is 44.8 Å². The molecule has 5 heteroatoms. The fraction of sp³-hybridized carbons (Fsp3) is 0.529. The quantitative estimate of drug-likeness (QED) is 0.850. The van der Waals surface area contributed by atoms with E-state index in [4.69, 9.17) is 9.26 Å². The van der Waals surface area contributed by atoms with Gasteiger partial charge < -0.3 is 9.26 Å². The monoisotopic (exact) mass is 301 g/mol. The Hall–Kier alpha value is -1.72. The molecule has 1 aliphatic rings. The minimum atomic E-state index is 0.531. The number of hydrogen-bond donors (Lipinski definition) is 0. The fourth-order valence-corrected chi connectivity index (χ4v) is 2.57. The number of aromatic nitrogens is 2. The lowest BCUT2D eigenvalue weighted by Gasteiger charge is -2.25. The Morgan fingerprint density at radius 2 is 1.86 bits per heavy atom. The summed E-state index contributed by atoms with van der Waals surface area (Å²) in [6, 6.07) is 8.38. The predicted octanol–water partition coefficient (Wildman–Crippen LogP) is 2.73. The van der Waals surface area contributed by atoms with E-state index >= 15 is 0 Å². The van der Waals surface area contributed by atoms with Gasteiger partial charge in [0.1, 0.15) is 0 Å². The van der Waals surface area contributed by atoms with Gasteiger partial charge in [0.15, 0.2) is 0 Å². The first kappa shape index (κ1) is 15.2. The molecule has 2 aromatic rings. The second-order valence-corrected chi connectivity index (χ2v) is 5.99. The molecule has 1 aliphatic heterocycles. The molecule has 0 radical (unpaired) electrons. The SMILES string of the molecule is CC(C)c1ccc(-c2noc(CCN3CCOCC3)n2)cc1. The molecule has 0 unspecified atom stereocenters. The summed E-state index contributed by atoms with van der Waals surface area (Å²) >= 11 is 0. The fourth-order valence-electron chi connectivity index (χ4n) is 2.57. The number of rotatable bonds is 5. The van der Waals surface area contributed by atoms with Crippen LogP contribution in [-0.4, -0.2) is 47.9 Å². The topological polar surface area (TPSA) is 51.4 Å². The van der Waals surface area contributed by atoms with E-state index in [1.165, 1.54) is 5.56 Å². The normalized spacial score (nSPS) is 16.3. The first-order valence-electron chi connectivity index (χ1n) is 7.95. The van der Waals surface area contributed by atoms with Crippen LogP contribution in [0.4, 0.5) is 0 Å². The highest BCUT2D eigenvalue weighted by Crippen LogP contribution is 2.20. The summed E-state index contributed by atoms with van der Waals surface area (Å²) < 4.78 is 10.7. The first-order chi connectivity index (χ1) is 10.7. The lowest BCUT2D eigenvalue weighted by atomic mass is 10.0. The predicted molar refractivity (Wildman–Crippen MR) is 84.8 cm³/mol. The van der Waals surface area contributed by atoms with Crippen LogP contribution in [0.5, 0.6) is 0 Å². The molecule has 22 heavy (non-hydrogen) atoms. The average Bonchev–Trinajstić information content (AvgIpc) is 3.03. The second-order valence-electron chi connectivity index (χ2n) is 5.99. The molecule has 0 bridgehead atoms. The Morgan fingerprint density at radius 1 is 1.14 bits per heavy atom. The van der Waals surface area contributed by atoms with Crippen LogP contribution in [0.1, 0.15) is 31.2 Å². The highest BCUT2D eigenvalue weighted by Gasteiger charge is 2.13. The molecule has 1 aromatic carbocycles. The standard InChI is InChI=1S/C17H23N3O2/c1-13(2)14-3-5-15(6-4-14)17-18-16(22-19-17)7-8-20-9-11-21-12-10-20/h3-6,13H,7-12H2,1-2H3. The maximum atomic E-state index is 5.37. The van der Waals surface area contributed by atoms with Crippen molar-refractivity contribution in [3.8, 4) is 11.4 Å². The highest BCUT2D eigenvalue weighted by atomic mass is 16.5. The molecule has 0 saturated carbocycles. The van der Waals surface area contributed by atoms with Crippen LogP contribution in [0.25, 0.3) is 11.4 Å². The van der Waals surface area contributed by atoms with Crippen LogP contribution in [0.15, 0.2) is 28.8 Å². The summed E-state index contributed by atoms with van der Waals surface area (Å²) in [5.74, 6) is 1.91. The van der Waals surface area contributed by atoms with E-state index in [9.17, 15) is 0 Å². The Morgan fingerprint density at radius 3 is 2.55 bits per heavy atom. The van der Waals surface area contributed by atoms with E-state index in [-0.39, 0.29) is 0 Å². The van der Waals surface area contributed by atoms with Gasteiger partial charge in [-0.15, -0.1) is 0 Å². The second kappa shape index (κ2) is 7.03. The number of hydrogen-bond acceptors (Lipinski definition) is 5. The lowest BCUT2D eigenvalue weighted by Crippen LogP contribution is -2.37. The van der Waals surface area contributed by atoms with Gasteiger partial charge in [-0.3, -0.25) is 4.90 Å². The molecule has 1 fully saturated rings. The van der Waals surface area contributed by atoms with Crippen molar-refractivity contribution in [1.82, 2.24) is 15.0 Å². The molecule has 5 nitrogen and oxygen atoms in total. The van der Waals surface area contributed by atoms with Gasteiger partial charge in [-0.05, 0) is 11.5 Å². The third-order valence-electron chi connectivity index (χ3n) is 4.05. The molecule has 1 saturated heterocycles. The van der Waals surface area contributed by atoms with Crippen molar-refractivity contribution in [2.75, 3.05) is 32.8 Å². The summed E-state index contributed by atoms with van der Waals surface area (Å²) in [4.78, 5) is 6.87. The molecule has 118 valence electrons. The molecule has 0 aliphatic carbocycles. The molecule has 2 heterocycles. The van der Waals surface area contributed by atoms with E-state index in [0.29, 0.717) is 17.6 Å². The molecule has 1 aromatic heterocycles. The Labute approximate surface area is 131 Å². The summed E-state index contributed by atoms with van der Waals surface area (Å²) in [7, 11) is 0. The number of nitrogens with zero attached hydrogens (tertiary/aromatic N) is 3. The highest BCUT2D eigenvalue weighted by molar-refractivity contribution is 5.54. The van der Waals surface area contributed by atoms with E-state index in [2.05, 4.69) is 53.2 Å². The number of benzene rings is 1. The van der Waals surface area contributed by atoms with Crippen molar-refractivity contribution in [2.45, 2.75) is 26.2 Å². The van der Waals surface area contributed by atoms with E-state index in [1.54, 1.807) is 0 Å². The number of ether oxygens (including phenoxy) is 1. The number of morpholine rings is 1. The minimum Gasteiger partial charge on any atom is -0.379 e. The van der Waals surface area contributed by atoms with Crippen LogP contribution >= 0.6 is 0 Å². The smallest absolute Gasteiger partial charge is 0.228 e. The van der Waals surface area contributed by atoms with Crippen molar-refractivity contribution in [2.24, 2.45) is 0 Å². The zero-order chi connectivity index (χ0) is 15.4. The maximum absolute atomic E-state index is 5.37. The van der Waals surface area contributed by atoms with Crippen molar-refractivity contribution >= 4 is 0 Å². The first-order valence-corrected chi connectivity index (χ1v) is 7.95. The van der Waals surface area contributed by atoms with Gasteiger partial charge in [0.25, 0.3) is 0 Å². The Kier molecular flexibility index (Phi) is 4.85. The van der Waals surface area contributed by atoms with Gasteiger partial charge in [0.05, 0.1) is 13.2 Å². The van der Waals surface area contributed by atoms with Gasteiger partial charge in [0, 0.05) is 31.6 Å². The molecular weight excluding hydrogens is 278 g/mol. The van der Waals surface area contributed by atoms with Gasteiger partial charge in [-0.2, -0.15) is 4.98 Å². The van der Waals surface area contributed by atoms with Gasteiger partial charge in [-0.1, -0.05) is 43.3 Å². The lowest BCUT2D eigenvalue weighted by molar-refractivity contribution is 0.0375. The molecule has 0 N–H and O–H groups in total. The van der Waals surface area contributed by atoms with Crippen LogP contribution in [0.3, 0.4) is 0 Å². The van der Waals surface area contributed by atoms with Crippen molar-refractivity contribution in [3.05, 3.63) is 35.7 Å². The maximum Gasteiger partial charge on any atom is 0.228 e. The third-order valence-corrected chi connectivity index (χ3v) is 4.05. The van der Waals surface area contributed by atoms with E-state index < -0.39 is 0 Å². The molecule has 0 spiro atoms. The van der Waals surface area contributed by atoms with Crippen LogP contribution < -0.4 is 0 Å². The largest absolute Gasteiger partial charge is 0.379 e. The van der Waals surface area contributed by atoms with E-state index in [1.807, 2.05) is 0 Å². The molecule has 3 rings (SSSR count). The summed E-state index contributed by atoms with van der Waals surface area (Å²) in [6.07, 6.45) is 0.789. The van der Waals surface area contributed by atoms with Crippen molar-refractivity contribution in [1.29, 1.82) is 0 Å². The van der Waals surface area contributed by atoms with Crippen molar-refractivity contribution in [3.63, 3.8) is 0 Å². The molecule has 0 atom stereocenters. The van der Waals surface area contributed by atoms with Crippen LogP contribution in [0, 0.1) is 0 Å². The van der Waals surface area contributed by atoms with Crippen molar-refractivity contribution < 1.29 is 9.26 Å².